The Hall–Kier alpha value is -1.13. The zero-order valence-corrected chi connectivity index (χ0v) is 22.2. The highest BCUT2D eigenvalue weighted by atomic mass is 16.4. The first-order valence-electron chi connectivity index (χ1n) is 13.7. The van der Waals surface area contributed by atoms with Crippen molar-refractivity contribution in [3.63, 3.8) is 0 Å². The first-order chi connectivity index (χ1) is 15.8. The SMILES string of the molecule is CC1=CCC2(CO)CCC3(C)C(=CCC4C5(C)CCC(O)C(C)(C(=O)O)C5CCC43C)C2C1C. The second-order valence-electron chi connectivity index (χ2n) is 13.9. The van der Waals surface area contributed by atoms with Gasteiger partial charge >= 0.3 is 5.97 Å². The van der Waals surface area contributed by atoms with Crippen molar-refractivity contribution in [3.05, 3.63) is 23.3 Å². The summed E-state index contributed by atoms with van der Waals surface area (Å²) in [6.07, 6.45) is 11.7. The second-order valence-corrected chi connectivity index (χ2v) is 13.9. The van der Waals surface area contributed by atoms with Gasteiger partial charge in [-0.1, -0.05) is 51.0 Å². The first kappa shape index (κ1) is 24.6. The van der Waals surface area contributed by atoms with Gasteiger partial charge in [-0.25, -0.2) is 0 Å². The van der Waals surface area contributed by atoms with Crippen LogP contribution in [0.4, 0.5) is 0 Å². The summed E-state index contributed by atoms with van der Waals surface area (Å²) >= 11 is 0. The highest BCUT2D eigenvalue weighted by Gasteiger charge is 2.69. The molecular weight excluding hydrogens is 424 g/mol. The molecule has 0 aromatic heterocycles. The highest BCUT2D eigenvalue weighted by molar-refractivity contribution is 5.76. The predicted octanol–water partition coefficient (Wildman–Crippen LogP) is 5.98. The molecule has 0 aromatic rings. The fraction of sp³-hybridized carbons (Fsp3) is 0.833. The minimum atomic E-state index is -1.07. The summed E-state index contributed by atoms with van der Waals surface area (Å²) in [4.78, 5) is 12.5. The number of fused-ring (bicyclic) bond motifs is 7. The van der Waals surface area contributed by atoms with Crippen molar-refractivity contribution in [1.82, 2.24) is 0 Å². The zero-order valence-electron chi connectivity index (χ0n) is 22.2. The summed E-state index contributed by atoms with van der Waals surface area (Å²) in [6.45, 7) is 14.1. The third-order valence-corrected chi connectivity index (χ3v) is 13.1. The van der Waals surface area contributed by atoms with E-state index in [1.54, 1.807) is 5.57 Å². The van der Waals surface area contributed by atoms with Gasteiger partial charge in [0.05, 0.1) is 11.5 Å². The van der Waals surface area contributed by atoms with Gasteiger partial charge in [-0.2, -0.15) is 0 Å². The van der Waals surface area contributed by atoms with E-state index >= 15 is 0 Å². The second kappa shape index (κ2) is 7.44. The number of aliphatic hydroxyl groups is 2. The number of aliphatic hydroxyl groups excluding tert-OH is 2. The molecule has 3 fully saturated rings. The van der Waals surface area contributed by atoms with Crippen LogP contribution in [0, 0.1) is 50.7 Å². The molecule has 3 saturated carbocycles. The van der Waals surface area contributed by atoms with Crippen molar-refractivity contribution >= 4 is 5.97 Å². The van der Waals surface area contributed by atoms with E-state index in [0.717, 1.165) is 44.9 Å². The van der Waals surface area contributed by atoms with Gasteiger partial charge in [0, 0.05) is 12.0 Å². The van der Waals surface area contributed by atoms with E-state index in [2.05, 4.69) is 46.8 Å². The molecule has 3 N–H and O–H groups in total. The molecular formula is C30H46O4. The average molecular weight is 471 g/mol. The summed E-state index contributed by atoms with van der Waals surface area (Å²) in [7, 11) is 0. The number of carbonyl (C=O) groups is 1. The minimum Gasteiger partial charge on any atom is -0.481 e. The fourth-order valence-corrected chi connectivity index (χ4v) is 10.5. The minimum absolute atomic E-state index is 0.00298. The van der Waals surface area contributed by atoms with Gasteiger partial charge in [0.2, 0.25) is 0 Å². The lowest BCUT2D eigenvalue weighted by Gasteiger charge is -2.71. The summed E-state index contributed by atoms with van der Waals surface area (Å²) in [5.74, 6) is 0.412. The Balaban J connectivity index is 1.61. The van der Waals surface area contributed by atoms with Crippen LogP contribution in [0.5, 0.6) is 0 Å². The fourth-order valence-electron chi connectivity index (χ4n) is 10.5. The Morgan fingerprint density at radius 1 is 1.03 bits per heavy atom. The van der Waals surface area contributed by atoms with Crippen molar-refractivity contribution in [2.45, 2.75) is 99.0 Å². The molecule has 190 valence electrons. The quantitative estimate of drug-likeness (QED) is 0.434. The van der Waals surface area contributed by atoms with Gasteiger partial charge in [0.1, 0.15) is 0 Å². The zero-order chi connectivity index (χ0) is 24.9. The van der Waals surface area contributed by atoms with Crippen molar-refractivity contribution in [1.29, 1.82) is 0 Å². The molecule has 34 heavy (non-hydrogen) atoms. The molecule has 0 aromatic carbocycles. The van der Waals surface area contributed by atoms with Crippen molar-refractivity contribution < 1.29 is 20.1 Å². The molecule has 0 heterocycles. The van der Waals surface area contributed by atoms with Gasteiger partial charge < -0.3 is 15.3 Å². The van der Waals surface area contributed by atoms with Crippen LogP contribution >= 0.6 is 0 Å². The molecule has 10 atom stereocenters. The third kappa shape index (κ3) is 2.71. The smallest absolute Gasteiger partial charge is 0.312 e. The molecule has 0 spiro atoms. The van der Waals surface area contributed by atoms with Crippen molar-refractivity contribution in [2.24, 2.45) is 50.7 Å². The first-order valence-corrected chi connectivity index (χ1v) is 13.7. The number of carboxylic acids is 1. The third-order valence-electron chi connectivity index (χ3n) is 13.1. The molecule has 5 aliphatic carbocycles. The molecule has 0 bridgehead atoms. The standard InChI is InChI=1S/C30H46O4/c1-18-9-14-30(17-31)16-15-27(4)20(24(30)19(18)2)7-8-21-26(3)12-11-23(32)29(6,25(33)34)22(26)10-13-28(21,27)5/h7,9,19,21-24,31-32H,8,10-17H2,1-6H3,(H,33,34). The molecule has 4 heteroatoms. The van der Waals surface area contributed by atoms with E-state index in [1.807, 2.05) is 6.92 Å². The maximum absolute atomic E-state index is 12.5. The Morgan fingerprint density at radius 2 is 1.74 bits per heavy atom. The van der Waals surface area contributed by atoms with Crippen LogP contribution in [0.25, 0.3) is 0 Å². The van der Waals surface area contributed by atoms with Crippen LogP contribution in [0.15, 0.2) is 23.3 Å². The van der Waals surface area contributed by atoms with Crippen LogP contribution in [-0.2, 0) is 4.79 Å². The van der Waals surface area contributed by atoms with Gasteiger partial charge in [-0.15, -0.1) is 0 Å². The summed E-state index contributed by atoms with van der Waals surface area (Å²) < 4.78 is 0. The van der Waals surface area contributed by atoms with Gasteiger partial charge in [0.25, 0.3) is 0 Å². The normalized spacial score (nSPS) is 54.5. The molecule has 0 saturated heterocycles. The Morgan fingerprint density at radius 3 is 2.38 bits per heavy atom. The monoisotopic (exact) mass is 470 g/mol. The summed E-state index contributed by atoms with van der Waals surface area (Å²) in [6, 6.07) is 0. The maximum atomic E-state index is 12.5. The topological polar surface area (TPSA) is 77.8 Å². The number of carboxylic acid groups (broad SMARTS) is 1. The Bertz CT molecular complexity index is 951. The molecule has 5 rings (SSSR count). The lowest BCUT2D eigenvalue weighted by molar-refractivity contribution is -0.216. The van der Waals surface area contributed by atoms with Crippen molar-refractivity contribution in [2.75, 3.05) is 6.61 Å². The van der Waals surface area contributed by atoms with Crippen LogP contribution in [0.1, 0.15) is 92.9 Å². The molecule has 0 radical (unpaired) electrons. The molecule has 0 amide bonds. The van der Waals surface area contributed by atoms with E-state index < -0.39 is 17.5 Å². The number of hydrogen-bond donors (Lipinski definition) is 3. The lowest BCUT2D eigenvalue weighted by atomic mass is 9.33. The lowest BCUT2D eigenvalue weighted by Crippen LogP contribution is -2.66. The summed E-state index contributed by atoms with van der Waals surface area (Å²) in [5.41, 5.74) is 2.01. The van der Waals surface area contributed by atoms with Crippen LogP contribution in [-0.4, -0.2) is 34.0 Å². The van der Waals surface area contributed by atoms with Crippen LogP contribution in [0.3, 0.4) is 0 Å². The van der Waals surface area contributed by atoms with Gasteiger partial charge in [0.15, 0.2) is 0 Å². The van der Waals surface area contributed by atoms with E-state index in [1.165, 1.54) is 5.57 Å². The van der Waals surface area contributed by atoms with E-state index in [4.69, 9.17) is 0 Å². The van der Waals surface area contributed by atoms with Gasteiger partial charge in [-0.3, -0.25) is 4.79 Å². The molecule has 0 aliphatic heterocycles. The number of hydrogen-bond acceptors (Lipinski definition) is 3. The van der Waals surface area contributed by atoms with E-state index in [-0.39, 0.29) is 34.2 Å². The highest BCUT2D eigenvalue weighted by Crippen LogP contribution is 2.75. The Kier molecular flexibility index (Phi) is 5.38. The van der Waals surface area contributed by atoms with E-state index in [0.29, 0.717) is 24.2 Å². The molecule has 5 aliphatic rings. The summed E-state index contributed by atoms with van der Waals surface area (Å²) in [5, 5.41) is 31.8. The predicted molar refractivity (Wildman–Crippen MR) is 134 cm³/mol. The van der Waals surface area contributed by atoms with Crippen LogP contribution in [0.2, 0.25) is 0 Å². The number of allylic oxidation sites excluding steroid dienone is 4. The largest absolute Gasteiger partial charge is 0.481 e. The van der Waals surface area contributed by atoms with Gasteiger partial charge in [-0.05, 0) is 105 Å². The van der Waals surface area contributed by atoms with E-state index in [9.17, 15) is 20.1 Å². The average Bonchev–Trinajstić information content (AvgIpc) is 2.79. The number of aliphatic carboxylic acids is 1. The molecule has 4 nitrogen and oxygen atoms in total. The van der Waals surface area contributed by atoms with Crippen molar-refractivity contribution in [3.8, 4) is 0 Å². The number of rotatable bonds is 2. The maximum Gasteiger partial charge on any atom is 0.312 e. The van der Waals surface area contributed by atoms with Crippen LogP contribution < -0.4 is 0 Å². The Labute approximate surface area is 205 Å². The molecule has 10 unspecified atom stereocenters.